The normalized spacial score (nSPS) is 22.4. The summed E-state index contributed by atoms with van der Waals surface area (Å²) in [7, 11) is 1.66. The van der Waals surface area contributed by atoms with E-state index in [9.17, 15) is 4.79 Å². The van der Waals surface area contributed by atoms with Crippen molar-refractivity contribution in [3.63, 3.8) is 0 Å². The van der Waals surface area contributed by atoms with Gasteiger partial charge in [-0.3, -0.25) is 4.79 Å². The fourth-order valence-electron chi connectivity index (χ4n) is 3.86. The van der Waals surface area contributed by atoms with Crippen molar-refractivity contribution in [2.75, 3.05) is 17.3 Å². The summed E-state index contributed by atoms with van der Waals surface area (Å²) in [6, 6.07) is 16.3. The molecule has 24 heavy (non-hydrogen) atoms. The third kappa shape index (κ3) is 2.62. The lowest BCUT2D eigenvalue weighted by atomic mass is 10.0. The first-order chi connectivity index (χ1) is 11.8. The highest BCUT2D eigenvalue weighted by atomic mass is 16.5. The predicted octanol–water partition coefficient (Wildman–Crippen LogP) is 3.82. The molecule has 0 saturated heterocycles. The first-order valence-corrected chi connectivity index (χ1v) is 8.56. The van der Waals surface area contributed by atoms with Crippen molar-refractivity contribution in [2.24, 2.45) is 5.92 Å². The minimum absolute atomic E-state index is 0.0621. The Morgan fingerprint density at radius 2 is 2.00 bits per heavy atom. The lowest BCUT2D eigenvalue weighted by Crippen LogP contribution is -2.38. The van der Waals surface area contributed by atoms with Crippen molar-refractivity contribution in [1.82, 2.24) is 0 Å². The highest BCUT2D eigenvalue weighted by Crippen LogP contribution is 2.40. The van der Waals surface area contributed by atoms with Crippen LogP contribution in [-0.2, 0) is 11.3 Å². The van der Waals surface area contributed by atoms with Crippen molar-refractivity contribution >= 4 is 17.3 Å². The average molecular weight is 322 g/mol. The zero-order valence-electron chi connectivity index (χ0n) is 13.9. The molecule has 2 aromatic carbocycles. The van der Waals surface area contributed by atoms with E-state index in [1.165, 1.54) is 0 Å². The lowest BCUT2D eigenvalue weighted by molar-refractivity contribution is -0.122. The number of hydrogen-bond donors (Lipinski definition) is 1. The van der Waals surface area contributed by atoms with E-state index in [0.717, 1.165) is 42.0 Å². The molecule has 4 nitrogen and oxygen atoms in total. The van der Waals surface area contributed by atoms with Crippen molar-refractivity contribution in [3.8, 4) is 5.75 Å². The quantitative estimate of drug-likeness (QED) is 0.934. The molecule has 2 aliphatic rings. The highest BCUT2D eigenvalue weighted by Gasteiger charge is 2.39. The van der Waals surface area contributed by atoms with Gasteiger partial charge in [0.15, 0.2) is 0 Å². The smallest absolute Gasteiger partial charge is 0.232 e. The SMILES string of the molecule is COc1ccc2c(c1)N(Cc1ccccc1)C(=O)C1CCCC1N2. The van der Waals surface area contributed by atoms with Crippen LogP contribution in [0.15, 0.2) is 48.5 Å². The topological polar surface area (TPSA) is 41.6 Å². The highest BCUT2D eigenvalue weighted by molar-refractivity contribution is 6.00. The molecule has 1 saturated carbocycles. The maximum Gasteiger partial charge on any atom is 0.232 e. The second-order valence-electron chi connectivity index (χ2n) is 6.58. The molecule has 0 radical (unpaired) electrons. The van der Waals surface area contributed by atoms with Crippen molar-refractivity contribution in [2.45, 2.75) is 31.8 Å². The first-order valence-electron chi connectivity index (χ1n) is 8.56. The number of nitrogens with zero attached hydrogens (tertiary/aromatic N) is 1. The van der Waals surface area contributed by atoms with Crippen LogP contribution in [-0.4, -0.2) is 19.1 Å². The van der Waals surface area contributed by atoms with Gasteiger partial charge in [-0.2, -0.15) is 0 Å². The zero-order valence-corrected chi connectivity index (χ0v) is 13.9. The van der Waals surface area contributed by atoms with E-state index < -0.39 is 0 Å². The van der Waals surface area contributed by atoms with Crippen LogP contribution in [0.3, 0.4) is 0 Å². The van der Waals surface area contributed by atoms with Gasteiger partial charge >= 0.3 is 0 Å². The van der Waals surface area contributed by atoms with Crippen molar-refractivity contribution in [1.29, 1.82) is 0 Å². The number of carbonyl (C=O) groups is 1. The summed E-state index contributed by atoms with van der Waals surface area (Å²) >= 11 is 0. The van der Waals surface area contributed by atoms with Crippen LogP contribution in [0.2, 0.25) is 0 Å². The van der Waals surface area contributed by atoms with Crippen LogP contribution in [0, 0.1) is 5.92 Å². The largest absolute Gasteiger partial charge is 0.497 e. The first kappa shape index (κ1) is 15.1. The number of carbonyl (C=O) groups excluding carboxylic acids is 1. The van der Waals surface area contributed by atoms with Gasteiger partial charge in [-0.05, 0) is 30.5 Å². The fourth-order valence-corrected chi connectivity index (χ4v) is 3.86. The van der Waals surface area contributed by atoms with E-state index in [1.807, 2.05) is 41.3 Å². The number of methoxy groups -OCH3 is 1. The third-order valence-corrected chi connectivity index (χ3v) is 5.12. The van der Waals surface area contributed by atoms with E-state index in [0.29, 0.717) is 6.54 Å². The molecular formula is C20H22N2O2. The van der Waals surface area contributed by atoms with E-state index >= 15 is 0 Å². The van der Waals surface area contributed by atoms with Gasteiger partial charge < -0.3 is 15.0 Å². The van der Waals surface area contributed by atoms with Crippen LogP contribution in [0.1, 0.15) is 24.8 Å². The predicted molar refractivity (Wildman–Crippen MR) is 95.4 cm³/mol. The molecular weight excluding hydrogens is 300 g/mol. The standard InChI is InChI=1S/C20H22N2O2/c1-24-15-10-11-18-19(12-15)22(13-14-6-3-2-4-7-14)20(23)16-8-5-9-17(16)21-18/h2-4,6-7,10-12,16-17,21H,5,8-9,13H2,1H3. The molecule has 1 amide bonds. The Labute approximate surface area is 142 Å². The molecule has 2 atom stereocenters. The number of fused-ring (bicyclic) bond motifs is 2. The number of rotatable bonds is 3. The Morgan fingerprint density at radius 1 is 1.17 bits per heavy atom. The second-order valence-corrected chi connectivity index (χ2v) is 6.58. The number of ether oxygens (including phenoxy) is 1. The van der Waals surface area contributed by atoms with Crippen molar-refractivity contribution in [3.05, 3.63) is 54.1 Å². The van der Waals surface area contributed by atoms with Gasteiger partial charge in [0, 0.05) is 12.1 Å². The molecule has 0 bridgehead atoms. The van der Waals surface area contributed by atoms with E-state index in [1.54, 1.807) is 7.11 Å². The Bertz CT molecular complexity index is 745. The number of nitrogens with one attached hydrogen (secondary N) is 1. The summed E-state index contributed by atoms with van der Waals surface area (Å²) < 4.78 is 5.38. The summed E-state index contributed by atoms with van der Waals surface area (Å²) in [5, 5.41) is 3.60. The maximum absolute atomic E-state index is 13.2. The van der Waals surface area contributed by atoms with Crippen LogP contribution in [0.4, 0.5) is 11.4 Å². The number of amides is 1. The summed E-state index contributed by atoms with van der Waals surface area (Å²) in [6.07, 6.45) is 3.13. The van der Waals surface area contributed by atoms with Gasteiger partial charge in [0.1, 0.15) is 5.75 Å². The van der Waals surface area contributed by atoms with E-state index in [2.05, 4.69) is 17.4 Å². The Morgan fingerprint density at radius 3 is 2.79 bits per heavy atom. The average Bonchev–Trinajstić information content (AvgIpc) is 3.05. The Balaban J connectivity index is 1.77. The number of anilines is 2. The summed E-state index contributed by atoms with van der Waals surface area (Å²) in [6.45, 7) is 0.588. The van der Waals surface area contributed by atoms with E-state index in [4.69, 9.17) is 4.74 Å². The van der Waals surface area contributed by atoms with Crippen molar-refractivity contribution < 1.29 is 9.53 Å². The van der Waals surface area contributed by atoms with Crippen LogP contribution >= 0.6 is 0 Å². The van der Waals surface area contributed by atoms with Gasteiger partial charge in [0.25, 0.3) is 0 Å². The Hall–Kier alpha value is -2.49. The molecule has 124 valence electrons. The zero-order chi connectivity index (χ0) is 16.5. The minimum Gasteiger partial charge on any atom is -0.497 e. The second kappa shape index (κ2) is 6.19. The van der Waals surface area contributed by atoms with Crippen LogP contribution in [0.5, 0.6) is 5.75 Å². The molecule has 0 spiro atoms. The molecule has 1 aliphatic carbocycles. The van der Waals surface area contributed by atoms with Crippen LogP contribution in [0.25, 0.3) is 0 Å². The molecule has 0 aromatic heterocycles. The third-order valence-electron chi connectivity index (χ3n) is 5.12. The molecule has 2 unspecified atom stereocenters. The molecule has 1 heterocycles. The molecule has 4 rings (SSSR count). The monoisotopic (exact) mass is 322 g/mol. The van der Waals surface area contributed by atoms with Gasteiger partial charge in [-0.1, -0.05) is 36.8 Å². The molecule has 1 aliphatic heterocycles. The van der Waals surface area contributed by atoms with Crippen LogP contribution < -0.4 is 15.0 Å². The fraction of sp³-hybridized carbons (Fsp3) is 0.350. The summed E-state index contributed by atoms with van der Waals surface area (Å²) in [4.78, 5) is 15.2. The molecule has 1 fully saturated rings. The maximum atomic E-state index is 13.2. The Kier molecular flexibility index (Phi) is 3.89. The minimum atomic E-state index is 0.0621. The van der Waals surface area contributed by atoms with Gasteiger partial charge in [0.2, 0.25) is 5.91 Å². The van der Waals surface area contributed by atoms with Gasteiger partial charge in [0.05, 0.1) is 30.9 Å². The molecule has 1 N–H and O–H groups in total. The molecule has 2 aromatic rings. The summed E-state index contributed by atoms with van der Waals surface area (Å²) in [5.74, 6) is 1.06. The molecule has 4 heteroatoms. The number of benzene rings is 2. The number of hydrogen-bond acceptors (Lipinski definition) is 3. The van der Waals surface area contributed by atoms with Gasteiger partial charge in [-0.15, -0.1) is 0 Å². The lowest BCUT2D eigenvalue weighted by Gasteiger charge is -2.25. The summed E-state index contributed by atoms with van der Waals surface area (Å²) in [5.41, 5.74) is 3.07. The van der Waals surface area contributed by atoms with E-state index in [-0.39, 0.29) is 17.9 Å². The van der Waals surface area contributed by atoms with Gasteiger partial charge in [-0.25, -0.2) is 0 Å².